The number of hydrogen-bond acceptors (Lipinski definition) is 5. The second-order valence-corrected chi connectivity index (χ2v) is 4.88. The molecule has 0 saturated carbocycles. The van der Waals surface area contributed by atoms with E-state index in [0.29, 0.717) is 0 Å². The van der Waals surface area contributed by atoms with E-state index in [0.717, 1.165) is 12.1 Å². The molecule has 0 amide bonds. The molecule has 0 aliphatic rings. The number of methoxy groups -OCH3 is 1. The number of halogens is 3. The summed E-state index contributed by atoms with van der Waals surface area (Å²) in [5.41, 5.74) is 5.63. The van der Waals surface area contributed by atoms with Crippen LogP contribution in [0.3, 0.4) is 0 Å². The number of nitrogens with zero attached hydrogens (tertiary/aromatic N) is 1. The molecular weight excluding hydrogens is 348 g/mol. The number of esters is 1. The monoisotopic (exact) mass is 357 g/mol. The zero-order chi connectivity index (χ0) is 15.6. The largest absolute Gasteiger partial charge is 0.465 e. The van der Waals surface area contributed by atoms with Gasteiger partial charge in [0.2, 0.25) is 0 Å². The predicted octanol–water partition coefficient (Wildman–Crippen LogP) is 3.23. The van der Waals surface area contributed by atoms with Crippen molar-refractivity contribution in [3.63, 3.8) is 0 Å². The van der Waals surface area contributed by atoms with E-state index in [1.54, 1.807) is 0 Å². The third-order valence-electron chi connectivity index (χ3n) is 2.58. The number of nitrogens with one attached hydrogen (secondary N) is 1. The minimum Gasteiger partial charge on any atom is -0.465 e. The van der Waals surface area contributed by atoms with Gasteiger partial charge in [-0.3, -0.25) is 0 Å². The van der Waals surface area contributed by atoms with Gasteiger partial charge in [-0.25, -0.2) is 18.6 Å². The topological polar surface area (TPSA) is 77.2 Å². The number of carbonyl (C=O) groups excluding carboxylic acids is 1. The van der Waals surface area contributed by atoms with E-state index in [-0.39, 0.29) is 27.2 Å². The average Bonchev–Trinajstić information content (AvgIpc) is 2.45. The van der Waals surface area contributed by atoms with Crippen molar-refractivity contribution in [1.82, 2.24) is 4.98 Å². The number of ether oxygens (including phenoxy) is 1. The van der Waals surface area contributed by atoms with E-state index in [1.807, 2.05) is 0 Å². The van der Waals surface area contributed by atoms with Gasteiger partial charge in [0.15, 0.2) is 0 Å². The first kappa shape index (κ1) is 15.2. The first-order valence-electron chi connectivity index (χ1n) is 5.67. The highest BCUT2D eigenvalue weighted by Crippen LogP contribution is 2.27. The van der Waals surface area contributed by atoms with Gasteiger partial charge in [-0.2, -0.15) is 0 Å². The van der Waals surface area contributed by atoms with Crippen LogP contribution in [0.5, 0.6) is 0 Å². The van der Waals surface area contributed by atoms with Crippen molar-refractivity contribution in [3.8, 4) is 0 Å². The second kappa shape index (κ2) is 6.04. The first-order chi connectivity index (χ1) is 9.92. The number of anilines is 3. The van der Waals surface area contributed by atoms with Crippen LogP contribution >= 0.6 is 15.9 Å². The van der Waals surface area contributed by atoms with Crippen molar-refractivity contribution in [2.24, 2.45) is 0 Å². The van der Waals surface area contributed by atoms with Gasteiger partial charge in [-0.05, 0) is 28.1 Å². The Bertz CT molecular complexity index is 710. The number of benzene rings is 1. The number of nitrogen functional groups attached to an aromatic ring is 1. The first-order valence-corrected chi connectivity index (χ1v) is 6.47. The lowest BCUT2D eigenvalue weighted by Gasteiger charge is -2.11. The van der Waals surface area contributed by atoms with Crippen LogP contribution in [0.25, 0.3) is 0 Å². The summed E-state index contributed by atoms with van der Waals surface area (Å²) in [5.74, 6) is -2.06. The van der Waals surface area contributed by atoms with Crippen LogP contribution in [0.15, 0.2) is 28.9 Å². The summed E-state index contributed by atoms with van der Waals surface area (Å²) in [7, 11) is 1.19. The van der Waals surface area contributed by atoms with Crippen LogP contribution in [0, 0.1) is 11.6 Å². The van der Waals surface area contributed by atoms with Gasteiger partial charge in [0, 0.05) is 6.07 Å². The Morgan fingerprint density at radius 1 is 1.33 bits per heavy atom. The third-order valence-corrected chi connectivity index (χ3v) is 3.18. The molecular formula is C13H10BrF2N3O2. The fraction of sp³-hybridized carbons (Fsp3) is 0.0769. The molecule has 1 aromatic carbocycles. The number of rotatable bonds is 3. The highest BCUT2D eigenvalue weighted by Gasteiger charge is 2.16. The molecule has 1 aromatic heterocycles. The summed E-state index contributed by atoms with van der Waals surface area (Å²) in [6.45, 7) is 0. The molecule has 0 aliphatic carbocycles. The molecule has 0 bridgehead atoms. The highest BCUT2D eigenvalue weighted by molar-refractivity contribution is 9.10. The van der Waals surface area contributed by atoms with Crippen molar-refractivity contribution in [2.75, 3.05) is 18.2 Å². The molecule has 0 saturated heterocycles. The maximum absolute atomic E-state index is 13.8. The fourth-order valence-electron chi connectivity index (χ4n) is 1.59. The number of carbonyl (C=O) groups is 1. The van der Waals surface area contributed by atoms with Gasteiger partial charge in [0.05, 0.1) is 29.2 Å². The van der Waals surface area contributed by atoms with E-state index in [9.17, 15) is 13.6 Å². The Kier molecular flexibility index (Phi) is 4.37. The molecule has 5 nitrogen and oxygen atoms in total. The van der Waals surface area contributed by atoms with E-state index < -0.39 is 17.6 Å². The maximum atomic E-state index is 13.8. The lowest BCUT2D eigenvalue weighted by Crippen LogP contribution is -2.09. The highest BCUT2D eigenvalue weighted by atomic mass is 79.9. The lowest BCUT2D eigenvalue weighted by atomic mass is 10.2. The lowest BCUT2D eigenvalue weighted by molar-refractivity contribution is 0.0601. The average molecular weight is 358 g/mol. The van der Waals surface area contributed by atoms with E-state index in [2.05, 4.69) is 31.0 Å². The Hall–Kier alpha value is -2.22. The number of aromatic nitrogens is 1. The molecule has 2 aromatic rings. The van der Waals surface area contributed by atoms with E-state index in [4.69, 9.17) is 5.73 Å². The van der Waals surface area contributed by atoms with Crippen molar-refractivity contribution in [3.05, 3.63) is 46.1 Å². The van der Waals surface area contributed by atoms with Gasteiger partial charge in [0.25, 0.3) is 0 Å². The normalized spacial score (nSPS) is 10.3. The Morgan fingerprint density at radius 2 is 2.05 bits per heavy atom. The van der Waals surface area contributed by atoms with Crippen LogP contribution in [0.1, 0.15) is 10.4 Å². The molecule has 21 heavy (non-hydrogen) atoms. The summed E-state index contributed by atoms with van der Waals surface area (Å²) < 4.78 is 31.8. The summed E-state index contributed by atoms with van der Waals surface area (Å²) in [6.07, 6.45) is 1.28. The van der Waals surface area contributed by atoms with Crippen molar-refractivity contribution < 1.29 is 18.3 Å². The molecule has 2 rings (SSSR count). The van der Waals surface area contributed by atoms with Gasteiger partial charge >= 0.3 is 5.97 Å². The summed E-state index contributed by atoms with van der Waals surface area (Å²) in [6, 6.07) is 3.24. The van der Waals surface area contributed by atoms with Gasteiger partial charge in [-0.15, -0.1) is 0 Å². The molecule has 0 radical (unpaired) electrons. The van der Waals surface area contributed by atoms with E-state index >= 15 is 0 Å². The summed E-state index contributed by atoms with van der Waals surface area (Å²) in [4.78, 5) is 15.5. The van der Waals surface area contributed by atoms with Gasteiger partial charge < -0.3 is 15.8 Å². The van der Waals surface area contributed by atoms with Crippen LogP contribution in [0.4, 0.5) is 26.0 Å². The number of nitrogens with two attached hydrogens (primary N) is 1. The molecule has 0 spiro atoms. The second-order valence-electron chi connectivity index (χ2n) is 4.03. The van der Waals surface area contributed by atoms with Gasteiger partial charge in [0.1, 0.15) is 23.0 Å². The van der Waals surface area contributed by atoms with Gasteiger partial charge in [-0.1, -0.05) is 0 Å². The van der Waals surface area contributed by atoms with Crippen molar-refractivity contribution in [2.45, 2.75) is 0 Å². The Labute approximate surface area is 127 Å². The predicted molar refractivity (Wildman–Crippen MR) is 77.3 cm³/mol. The molecule has 1 heterocycles. The maximum Gasteiger partial charge on any atom is 0.341 e. The summed E-state index contributed by atoms with van der Waals surface area (Å²) in [5, 5.41) is 2.55. The molecule has 0 fully saturated rings. The smallest absolute Gasteiger partial charge is 0.341 e. The Morgan fingerprint density at radius 3 is 2.71 bits per heavy atom. The van der Waals surface area contributed by atoms with Crippen LogP contribution in [0.2, 0.25) is 0 Å². The van der Waals surface area contributed by atoms with Crippen LogP contribution in [-0.4, -0.2) is 18.1 Å². The van der Waals surface area contributed by atoms with Crippen LogP contribution < -0.4 is 11.1 Å². The summed E-state index contributed by atoms with van der Waals surface area (Å²) >= 11 is 2.87. The molecule has 110 valence electrons. The molecule has 0 unspecified atom stereocenters. The zero-order valence-electron chi connectivity index (χ0n) is 10.8. The standard InChI is InChI=1S/C13H10BrF2N3O2/c1-21-13(20)7-2-6(17)5-18-12(7)19-11-4-9(15)8(14)3-10(11)16/h2-5H,17H2,1H3,(H,18,19). The van der Waals surface area contributed by atoms with E-state index in [1.165, 1.54) is 19.4 Å². The fourth-order valence-corrected chi connectivity index (χ4v) is 1.91. The van der Waals surface area contributed by atoms with Crippen molar-refractivity contribution in [1.29, 1.82) is 0 Å². The van der Waals surface area contributed by atoms with Crippen LogP contribution in [-0.2, 0) is 4.74 Å². The SMILES string of the molecule is COC(=O)c1cc(N)cnc1Nc1cc(F)c(Br)cc1F. The number of pyridine rings is 1. The van der Waals surface area contributed by atoms with Crippen molar-refractivity contribution >= 4 is 39.1 Å². The molecule has 8 heteroatoms. The molecule has 0 atom stereocenters. The minimum atomic E-state index is -0.710. The third kappa shape index (κ3) is 3.27. The Balaban J connectivity index is 2.44. The minimum absolute atomic E-state index is 0.0102. The molecule has 0 aliphatic heterocycles. The quantitative estimate of drug-likeness (QED) is 0.651. The molecule has 3 N–H and O–H groups in total. The number of hydrogen-bond donors (Lipinski definition) is 2. The zero-order valence-corrected chi connectivity index (χ0v) is 12.4.